The Labute approximate surface area is 218 Å². The number of rotatable bonds is 9. The van der Waals surface area contributed by atoms with Crippen LogP contribution < -0.4 is 5.32 Å². The molecule has 2 heterocycles. The van der Waals surface area contributed by atoms with E-state index in [1.807, 2.05) is 18.2 Å². The van der Waals surface area contributed by atoms with Gasteiger partial charge in [0.1, 0.15) is 0 Å². The van der Waals surface area contributed by atoms with Crippen LogP contribution in [0, 0.1) is 6.92 Å². The molecule has 0 aromatic heterocycles. The third-order valence-corrected chi connectivity index (χ3v) is 7.52. The SMILES string of the molecule is C=C/C=C(\C=C/C)C1CCCN1C(=C)CN1CCCC(C)(N/C(C)=C/c2ccc(Cl)cc2C)C1=C. The highest BCUT2D eigenvalue weighted by Gasteiger charge is 2.36. The Hall–Kier alpha value is -2.65. The molecular weight excluding hydrogens is 450 g/mol. The summed E-state index contributed by atoms with van der Waals surface area (Å²) in [5, 5.41) is 4.55. The molecule has 2 atom stereocenters. The van der Waals surface area contributed by atoms with E-state index in [1.165, 1.54) is 28.8 Å². The highest BCUT2D eigenvalue weighted by Crippen LogP contribution is 2.34. The van der Waals surface area contributed by atoms with E-state index in [1.54, 1.807) is 0 Å². The van der Waals surface area contributed by atoms with Crippen molar-refractivity contribution >= 4 is 17.7 Å². The molecule has 35 heavy (non-hydrogen) atoms. The average molecular weight is 492 g/mol. The predicted molar refractivity (Wildman–Crippen MR) is 153 cm³/mol. The van der Waals surface area contributed by atoms with Crippen LogP contribution in [0.1, 0.15) is 57.6 Å². The molecule has 0 aliphatic carbocycles. The third-order valence-electron chi connectivity index (χ3n) is 7.29. The monoisotopic (exact) mass is 491 g/mol. The Morgan fingerprint density at radius 2 is 2.06 bits per heavy atom. The summed E-state index contributed by atoms with van der Waals surface area (Å²) in [7, 11) is 0. The minimum Gasteiger partial charge on any atom is -0.378 e. The van der Waals surface area contributed by atoms with Crippen molar-refractivity contribution < 1.29 is 0 Å². The minimum absolute atomic E-state index is 0.192. The van der Waals surface area contributed by atoms with Crippen molar-refractivity contribution in [1.29, 1.82) is 0 Å². The zero-order chi connectivity index (χ0) is 25.6. The molecular formula is C31H42ClN3. The van der Waals surface area contributed by atoms with Crippen LogP contribution in [0.4, 0.5) is 0 Å². The largest absolute Gasteiger partial charge is 0.378 e. The van der Waals surface area contributed by atoms with Gasteiger partial charge in [0.2, 0.25) is 0 Å². The van der Waals surface area contributed by atoms with Gasteiger partial charge in [-0.3, -0.25) is 0 Å². The van der Waals surface area contributed by atoms with E-state index in [0.29, 0.717) is 6.04 Å². The van der Waals surface area contributed by atoms with Crippen molar-refractivity contribution in [1.82, 2.24) is 15.1 Å². The van der Waals surface area contributed by atoms with Crippen molar-refractivity contribution in [2.24, 2.45) is 0 Å². The van der Waals surface area contributed by atoms with Gasteiger partial charge in [-0.1, -0.05) is 61.7 Å². The zero-order valence-electron chi connectivity index (χ0n) is 22.0. The summed E-state index contributed by atoms with van der Waals surface area (Å²) in [6, 6.07) is 6.39. The van der Waals surface area contributed by atoms with Crippen molar-refractivity contribution in [3.63, 3.8) is 0 Å². The van der Waals surface area contributed by atoms with Crippen LogP contribution in [0.2, 0.25) is 5.02 Å². The third kappa shape index (κ3) is 6.52. The molecule has 3 rings (SSSR count). The fourth-order valence-electron chi connectivity index (χ4n) is 5.48. The number of hydrogen-bond donors (Lipinski definition) is 1. The Morgan fingerprint density at radius 3 is 2.74 bits per heavy atom. The lowest BCUT2D eigenvalue weighted by Gasteiger charge is -2.46. The van der Waals surface area contributed by atoms with Crippen molar-refractivity contribution in [2.75, 3.05) is 19.6 Å². The smallest absolute Gasteiger partial charge is 0.0736 e. The first-order valence-electron chi connectivity index (χ1n) is 12.7. The number of piperidine rings is 1. The van der Waals surface area contributed by atoms with Crippen LogP contribution in [0.3, 0.4) is 0 Å². The number of nitrogens with zero attached hydrogens (tertiary/aromatic N) is 2. The normalized spacial score (nSPS) is 23.8. The fourth-order valence-corrected chi connectivity index (χ4v) is 5.70. The molecule has 2 aliphatic heterocycles. The molecule has 2 saturated heterocycles. The van der Waals surface area contributed by atoms with E-state index in [-0.39, 0.29) is 5.54 Å². The Morgan fingerprint density at radius 1 is 1.29 bits per heavy atom. The molecule has 3 nitrogen and oxygen atoms in total. The summed E-state index contributed by atoms with van der Waals surface area (Å²) < 4.78 is 0. The van der Waals surface area contributed by atoms with Gasteiger partial charge >= 0.3 is 0 Å². The first kappa shape index (κ1) is 26.9. The number of benzene rings is 1. The molecule has 1 aromatic rings. The quantitative estimate of drug-likeness (QED) is 0.358. The maximum atomic E-state index is 6.14. The van der Waals surface area contributed by atoms with Gasteiger partial charge in [0.05, 0.1) is 18.1 Å². The Kier molecular flexibility index (Phi) is 9.13. The standard InChI is InChI=1S/C31H42ClN3/c1-8-12-27(13-9-2)30-14-10-19-35(30)25(5)22-34-18-11-17-31(7,26(34)6)33-24(4)21-28-15-16-29(32)20-23(28)3/h8-9,12-13,15-16,20-21,30,33H,1,5-6,10-11,14,17-19,22H2,2-4,7H3/b13-9-,24-21+,27-12+. The molecule has 2 aliphatic rings. The Balaban J connectivity index is 1.71. The molecule has 0 bridgehead atoms. The van der Waals surface area contributed by atoms with Gasteiger partial charge in [0, 0.05) is 35.2 Å². The summed E-state index contributed by atoms with van der Waals surface area (Å²) in [6.45, 7) is 24.4. The number of nitrogens with one attached hydrogen (secondary N) is 1. The van der Waals surface area contributed by atoms with Gasteiger partial charge in [-0.25, -0.2) is 0 Å². The maximum Gasteiger partial charge on any atom is 0.0736 e. The first-order valence-corrected chi connectivity index (χ1v) is 13.1. The minimum atomic E-state index is -0.192. The lowest BCUT2D eigenvalue weighted by Crippen LogP contribution is -2.52. The van der Waals surface area contributed by atoms with Gasteiger partial charge in [0.25, 0.3) is 0 Å². The number of allylic oxidation sites excluding steroid dienone is 4. The van der Waals surface area contributed by atoms with E-state index >= 15 is 0 Å². The van der Waals surface area contributed by atoms with E-state index in [4.69, 9.17) is 11.6 Å². The summed E-state index contributed by atoms with van der Waals surface area (Å²) in [5.74, 6) is 0. The molecule has 0 radical (unpaired) electrons. The van der Waals surface area contributed by atoms with Crippen LogP contribution in [-0.2, 0) is 0 Å². The van der Waals surface area contributed by atoms with Gasteiger partial charge in [-0.05, 0) is 88.3 Å². The Bertz CT molecular complexity index is 1050. The predicted octanol–water partition coefficient (Wildman–Crippen LogP) is 7.63. The fraction of sp³-hybridized carbons (Fsp3) is 0.419. The van der Waals surface area contributed by atoms with Crippen LogP contribution >= 0.6 is 11.6 Å². The molecule has 1 N–H and O–H groups in total. The number of aryl methyl sites for hydroxylation is 1. The molecule has 1 aromatic carbocycles. The molecule has 0 saturated carbocycles. The van der Waals surface area contributed by atoms with E-state index in [2.05, 4.69) is 92.9 Å². The molecule has 188 valence electrons. The molecule has 4 heteroatoms. The van der Waals surface area contributed by atoms with Gasteiger partial charge in [-0.2, -0.15) is 0 Å². The summed E-state index contributed by atoms with van der Waals surface area (Å²) in [4.78, 5) is 4.90. The highest BCUT2D eigenvalue weighted by molar-refractivity contribution is 6.30. The summed E-state index contributed by atoms with van der Waals surface area (Å²) in [6.07, 6.45) is 15.0. The molecule has 2 fully saturated rings. The van der Waals surface area contributed by atoms with E-state index in [9.17, 15) is 0 Å². The van der Waals surface area contributed by atoms with Crippen LogP contribution in [0.25, 0.3) is 6.08 Å². The van der Waals surface area contributed by atoms with Crippen LogP contribution in [0.15, 0.2) is 84.9 Å². The molecule has 0 spiro atoms. The number of hydrogen-bond acceptors (Lipinski definition) is 3. The second-order valence-electron chi connectivity index (χ2n) is 10.1. The summed E-state index contributed by atoms with van der Waals surface area (Å²) >= 11 is 6.14. The second-order valence-corrected chi connectivity index (χ2v) is 10.5. The average Bonchev–Trinajstić information content (AvgIpc) is 3.29. The first-order chi connectivity index (χ1) is 16.7. The van der Waals surface area contributed by atoms with Crippen LogP contribution in [0.5, 0.6) is 0 Å². The lowest BCUT2D eigenvalue weighted by atomic mass is 9.87. The second kappa shape index (κ2) is 11.9. The zero-order valence-corrected chi connectivity index (χ0v) is 22.8. The molecule has 2 unspecified atom stereocenters. The van der Waals surface area contributed by atoms with Crippen molar-refractivity contribution in [3.05, 3.63) is 101 Å². The number of halogens is 1. The van der Waals surface area contributed by atoms with Gasteiger partial charge < -0.3 is 15.1 Å². The molecule has 0 amide bonds. The highest BCUT2D eigenvalue weighted by atomic mass is 35.5. The summed E-state index contributed by atoms with van der Waals surface area (Å²) in [5.41, 5.74) is 6.90. The van der Waals surface area contributed by atoms with Gasteiger partial charge in [0.15, 0.2) is 0 Å². The maximum absolute atomic E-state index is 6.14. The van der Waals surface area contributed by atoms with Crippen LogP contribution in [-0.4, -0.2) is 41.0 Å². The van der Waals surface area contributed by atoms with Gasteiger partial charge in [-0.15, -0.1) is 0 Å². The van der Waals surface area contributed by atoms with E-state index < -0.39 is 0 Å². The van der Waals surface area contributed by atoms with Crippen molar-refractivity contribution in [3.8, 4) is 0 Å². The topological polar surface area (TPSA) is 18.5 Å². The van der Waals surface area contributed by atoms with Crippen molar-refractivity contribution in [2.45, 2.75) is 65.0 Å². The van der Waals surface area contributed by atoms with E-state index in [0.717, 1.165) is 55.3 Å². The lowest BCUT2D eigenvalue weighted by molar-refractivity contribution is 0.202. The number of likely N-dealkylation sites (tertiary alicyclic amines) is 2.